The average Bonchev–Trinajstić information content (AvgIpc) is 2.12. The Labute approximate surface area is 97.2 Å². The highest BCUT2D eigenvalue weighted by molar-refractivity contribution is 7.91. The molecule has 0 atom stereocenters. The summed E-state index contributed by atoms with van der Waals surface area (Å²) in [5, 5.41) is 2.78. The topological polar surface area (TPSA) is 89.5 Å². The zero-order chi connectivity index (χ0) is 12.7. The number of sulfone groups is 2. The van der Waals surface area contributed by atoms with Gasteiger partial charge in [-0.05, 0) is 0 Å². The van der Waals surface area contributed by atoms with E-state index in [4.69, 9.17) is 0 Å². The first-order chi connectivity index (χ1) is 7.27. The molecule has 0 aromatic carbocycles. The fourth-order valence-electron chi connectivity index (χ4n) is 0.923. The number of methoxy groups -OCH3 is 1. The highest BCUT2D eigenvalue weighted by Gasteiger charge is 2.09. The quantitative estimate of drug-likeness (QED) is 0.524. The molecule has 0 amide bonds. The van der Waals surface area contributed by atoms with E-state index in [1.165, 1.54) is 7.11 Å². The van der Waals surface area contributed by atoms with Gasteiger partial charge in [0.25, 0.3) is 0 Å². The average molecular weight is 273 g/mol. The number of hydrogen-bond donors (Lipinski definition) is 1. The molecule has 0 bridgehead atoms. The minimum absolute atomic E-state index is 0.000121. The Morgan fingerprint density at radius 1 is 1.00 bits per heavy atom. The molecule has 0 radical (unpaired) electrons. The molecule has 0 heterocycles. The zero-order valence-corrected chi connectivity index (χ0v) is 11.2. The van der Waals surface area contributed by atoms with Crippen LogP contribution in [0.25, 0.3) is 0 Å². The van der Waals surface area contributed by atoms with Crippen LogP contribution in [0.15, 0.2) is 0 Å². The Balaban J connectivity index is 3.66. The highest BCUT2D eigenvalue weighted by atomic mass is 32.2. The second-order valence-corrected chi connectivity index (χ2v) is 8.09. The lowest BCUT2D eigenvalue weighted by molar-refractivity contribution is 0.217. The normalized spacial score (nSPS) is 12.9. The van der Waals surface area contributed by atoms with Gasteiger partial charge in [0, 0.05) is 26.5 Å². The van der Waals surface area contributed by atoms with E-state index < -0.39 is 19.7 Å². The van der Waals surface area contributed by atoms with Crippen LogP contribution in [0, 0.1) is 0 Å². The standard InChI is InChI=1S/C8H19NO5S2/c1-14-5-8-16(12,13)7-4-9-3-6-15(2,10)11/h9H,3-8H2,1-2H3. The summed E-state index contributed by atoms with van der Waals surface area (Å²) in [7, 11) is -4.64. The van der Waals surface area contributed by atoms with Crippen molar-refractivity contribution in [2.75, 3.05) is 50.3 Å². The summed E-state index contributed by atoms with van der Waals surface area (Å²) in [6, 6.07) is 0. The molecule has 0 aromatic rings. The second-order valence-electron chi connectivity index (χ2n) is 3.52. The van der Waals surface area contributed by atoms with Crippen LogP contribution in [0.5, 0.6) is 0 Å². The Hall–Kier alpha value is -0.180. The van der Waals surface area contributed by atoms with Crippen LogP contribution in [-0.4, -0.2) is 67.2 Å². The van der Waals surface area contributed by atoms with Crippen LogP contribution < -0.4 is 5.32 Å². The van der Waals surface area contributed by atoms with Crippen molar-refractivity contribution in [3.8, 4) is 0 Å². The Kier molecular flexibility index (Phi) is 7.12. The SMILES string of the molecule is COCCS(=O)(=O)CCNCCS(C)(=O)=O. The predicted molar refractivity (Wildman–Crippen MR) is 63.1 cm³/mol. The third-order valence-corrected chi connectivity index (χ3v) is 4.40. The Morgan fingerprint density at radius 3 is 2.06 bits per heavy atom. The van der Waals surface area contributed by atoms with E-state index in [-0.39, 0.29) is 37.0 Å². The summed E-state index contributed by atoms with van der Waals surface area (Å²) in [6.07, 6.45) is 1.14. The summed E-state index contributed by atoms with van der Waals surface area (Å²) in [5.41, 5.74) is 0. The van der Waals surface area contributed by atoms with Crippen LogP contribution in [0.2, 0.25) is 0 Å². The molecule has 0 unspecified atom stereocenters. The van der Waals surface area contributed by atoms with Crippen molar-refractivity contribution >= 4 is 19.7 Å². The molecule has 0 spiro atoms. The van der Waals surface area contributed by atoms with E-state index in [0.29, 0.717) is 0 Å². The largest absolute Gasteiger partial charge is 0.384 e. The van der Waals surface area contributed by atoms with E-state index in [2.05, 4.69) is 10.1 Å². The lowest BCUT2D eigenvalue weighted by Crippen LogP contribution is -2.29. The summed E-state index contributed by atoms with van der Waals surface area (Å²) >= 11 is 0. The second kappa shape index (κ2) is 7.21. The zero-order valence-electron chi connectivity index (χ0n) is 9.60. The monoisotopic (exact) mass is 273 g/mol. The molecule has 0 aliphatic heterocycles. The van der Waals surface area contributed by atoms with Crippen molar-refractivity contribution in [3.05, 3.63) is 0 Å². The van der Waals surface area contributed by atoms with Crippen LogP contribution in [0.3, 0.4) is 0 Å². The lowest BCUT2D eigenvalue weighted by atomic mass is 10.7. The van der Waals surface area contributed by atoms with Crippen LogP contribution in [-0.2, 0) is 24.4 Å². The Morgan fingerprint density at radius 2 is 1.56 bits per heavy atom. The van der Waals surface area contributed by atoms with Gasteiger partial charge in [0.15, 0.2) is 9.84 Å². The molecule has 0 fully saturated rings. The number of rotatable bonds is 9. The van der Waals surface area contributed by atoms with Gasteiger partial charge in [0.1, 0.15) is 9.84 Å². The summed E-state index contributed by atoms with van der Waals surface area (Å²) in [4.78, 5) is 0. The summed E-state index contributed by atoms with van der Waals surface area (Å²) in [5.74, 6) is 0.0164. The van der Waals surface area contributed by atoms with Crippen molar-refractivity contribution in [1.82, 2.24) is 5.32 Å². The van der Waals surface area contributed by atoms with Gasteiger partial charge in [0.05, 0.1) is 23.9 Å². The van der Waals surface area contributed by atoms with Crippen LogP contribution >= 0.6 is 0 Å². The van der Waals surface area contributed by atoms with Crippen molar-refractivity contribution < 1.29 is 21.6 Å². The molecule has 0 saturated carbocycles. The van der Waals surface area contributed by atoms with Crippen LogP contribution in [0.1, 0.15) is 0 Å². The van der Waals surface area contributed by atoms with Gasteiger partial charge in [-0.15, -0.1) is 0 Å². The molecular formula is C8H19NO5S2. The summed E-state index contributed by atoms with van der Waals surface area (Å²) < 4.78 is 48.8. The lowest BCUT2D eigenvalue weighted by Gasteiger charge is -2.05. The smallest absolute Gasteiger partial charge is 0.153 e. The van der Waals surface area contributed by atoms with Gasteiger partial charge in [-0.3, -0.25) is 0 Å². The maximum atomic E-state index is 11.3. The first-order valence-electron chi connectivity index (χ1n) is 4.84. The first kappa shape index (κ1) is 15.8. The minimum Gasteiger partial charge on any atom is -0.384 e. The Bertz CT molecular complexity index is 373. The van der Waals surface area contributed by atoms with Gasteiger partial charge in [0.2, 0.25) is 0 Å². The molecule has 0 saturated heterocycles. The fraction of sp³-hybridized carbons (Fsp3) is 1.00. The fourth-order valence-corrected chi connectivity index (χ4v) is 2.52. The number of ether oxygens (including phenoxy) is 1. The third kappa shape index (κ3) is 10.3. The maximum Gasteiger partial charge on any atom is 0.153 e. The minimum atomic E-state index is -3.10. The highest BCUT2D eigenvalue weighted by Crippen LogP contribution is 1.89. The van der Waals surface area contributed by atoms with Crippen LogP contribution in [0.4, 0.5) is 0 Å². The maximum absolute atomic E-state index is 11.3. The number of hydrogen-bond acceptors (Lipinski definition) is 6. The molecule has 0 aromatic heterocycles. The van der Waals surface area contributed by atoms with Crippen molar-refractivity contribution in [3.63, 3.8) is 0 Å². The van der Waals surface area contributed by atoms with E-state index in [9.17, 15) is 16.8 Å². The van der Waals surface area contributed by atoms with Gasteiger partial charge < -0.3 is 10.1 Å². The van der Waals surface area contributed by atoms with Gasteiger partial charge in [-0.1, -0.05) is 0 Å². The van der Waals surface area contributed by atoms with Crippen molar-refractivity contribution in [1.29, 1.82) is 0 Å². The van der Waals surface area contributed by atoms with Crippen molar-refractivity contribution in [2.45, 2.75) is 0 Å². The molecule has 16 heavy (non-hydrogen) atoms. The molecule has 0 aliphatic rings. The molecule has 1 N–H and O–H groups in total. The molecule has 0 aliphatic carbocycles. The molecular weight excluding hydrogens is 254 g/mol. The molecule has 0 rings (SSSR count). The predicted octanol–water partition coefficient (Wildman–Crippen LogP) is -1.32. The van der Waals surface area contributed by atoms with Gasteiger partial charge in [-0.25, -0.2) is 16.8 Å². The van der Waals surface area contributed by atoms with E-state index in [0.717, 1.165) is 6.26 Å². The first-order valence-corrected chi connectivity index (χ1v) is 8.73. The van der Waals surface area contributed by atoms with Crippen molar-refractivity contribution in [2.24, 2.45) is 0 Å². The van der Waals surface area contributed by atoms with Gasteiger partial charge in [-0.2, -0.15) is 0 Å². The molecule has 98 valence electrons. The van der Waals surface area contributed by atoms with E-state index >= 15 is 0 Å². The third-order valence-electron chi connectivity index (χ3n) is 1.84. The van der Waals surface area contributed by atoms with E-state index in [1.807, 2.05) is 0 Å². The molecule has 8 heteroatoms. The number of nitrogens with one attached hydrogen (secondary N) is 1. The van der Waals surface area contributed by atoms with Gasteiger partial charge >= 0.3 is 0 Å². The summed E-state index contributed by atoms with van der Waals surface area (Å²) in [6.45, 7) is 0.728. The molecule has 6 nitrogen and oxygen atoms in total. The van der Waals surface area contributed by atoms with E-state index in [1.54, 1.807) is 0 Å².